The van der Waals surface area contributed by atoms with Gasteiger partial charge in [0.1, 0.15) is 0 Å². The quantitative estimate of drug-likeness (QED) is 0.239. The Hall–Kier alpha value is 0.190. The van der Waals surface area contributed by atoms with Crippen LogP contribution in [0, 0.1) is 26.2 Å². The van der Waals surface area contributed by atoms with E-state index in [-0.39, 0.29) is 26.2 Å². The number of hydrogen-bond acceptors (Lipinski definition) is 5. The van der Waals surface area contributed by atoms with Crippen molar-refractivity contribution >= 4 is 14.8 Å². The molecular formula is C9H19AtO5Si. The molecule has 0 heterocycles. The van der Waals surface area contributed by atoms with E-state index in [1.165, 1.54) is 0 Å². The first-order chi connectivity index (χ1) is 7.14. The van der Waals surface area contributed by atoms with Crippen LogP contribution >= 0.6 is 0 Å². The molecule has 96 valence electrons. The topological polar surface area (TPSA) is 54.0 Å². The monoisotopic (exact) mass is 445 g/mol. The maximum atomic E-state index is 10.7. The van der Waals surface area contributed by atoms with Gasteiger partial charge in [0.2, 0.25) is 0 Å². The van der Waals surface area contributed by atoms with Crippen molar-refractivity contribution in [3.8, 4) is 0 Å². The molecule has 0 aromatic carbocycles. The fraction of sp³-hybridized carbons (Fsp3) is 0.667. The first-order valence-electron chi connectivity index (χ1n) is 4.58. The molecule has 5 nitrogen and oxygen atoms in total. The first kappa shape index (κ1) is 18.6. The van der Waals surface area contributed by atoms with E-state index < -0.39 is 14.8 Å². The first-order valence-corrected chi connectivity index (χ1v) is 6.52. The fourth-order valence-electron chi connectivity index (χ4n) is 1.08. The Bertz CT molecular complexity index is 200. The third-order valence-corrected chi connectivity index (χ3v) is 4.80. The Balaban J connectivity index is 0. The van der Waals surface area contributed by atoms with Gasteiger partial charge in [-0.2, -0.15) is 0 Å². The molecule has 0 saturated heterocycles. The Labute approximate surface area is 117 Å². The van der Waals surface area contributed by atoms with E-state index in [2.05, 4.69) is 6.58 Å². The second-order valence-corrected chi connectivity index (χ2v) is 5.86. The van der Waals surface area contributed by atoms with Crippen molar-refractivity contribution in [2.45, 2.75) is 12.5 Å². The van der Waals surface area contributed by atoms with Crippen molar-refractivity contribution < 1.29 is 49.0 Å². The van der Waals surface area contributed by atoms with E-state index in [1.54, 1.807) is 21.3 Å². The number of rotatable bonds is 8. The maximum absolute atomic E-state index is 10.7. The molecule has 0 fully saturated rings. The van der Waals surface area contributed by atoms with Crippen LogP contribution in [-0.2, 0) is 22.8 Å². The zero-order valence-corrected chi connectivity index (χ0v) is 14.0. The second kappa shape index (κ2) is 10.4. The predicted molar refractivity (Wildman–Crippen MR) is 58.8 cm³/mol. The van der Waals surface area contributed by atoms with Gasteiger partial charge in [-0.1, -0.05) is 6.58 Å². The zero-order chi connectivity index (χ0) is 11.7. The van der Waals surface area contributed by atoms with Crippen LogP contribution in [0.2, 0.25) is 6.04 Å². The number of ether oxygens (including phenoxy) is 1. The molecular weight excluding hydrogens is 426 g/mol. The summed E-state index contributed by atoms with van der Waals surface area (Å²) in [5.41, 5.74) is 0. The van der Waals surface area contributed by atoms with Gasteiger partial charge in [-0.3, -0.25) is 0 Å². The third kappa shape index (κ3) is 6.70. The van der Waals surface area contributed by atoms with Crippen LogP contribution in [0.5, 0.6) is 0 Å². The van der Waals surface area contributed by atoms with Crippen molar-refractivity contribution in [1.82, 2.24) is 0 Å². The predicted octanol–water partition coefficient (Wildman–Crippen LogP) is 0.716. The summed E-state index contributed by atoms with van der Waals surface area (Å²) in [6, 6.07) is 0.612. The Morgan fingerprint density at radius 2 is 1.75 bits per heavy atom. The van der Waals surface area contributed by atoms with Gasteiger partial charge < -0.3 is 18.0 Å². The molecule has 0 aliphatic carbocycles. The minimum atomic E-state index is -2.52. The fourth-order valence-corrected chi connectivity index (χ4v) is 2.77. The molecule has 0 unspecified atom stereocenters. The summed E-state index contributed by atoms with van der Waals surface area (Å²) in [5, 5.41) is 0. The van der Waals surface area contributed by atoms with Crippen LogP contribution in [0.3, 0.4) is 0 Å². The molecule has 0 bridgehead atoms. The SMILES string of the molecule is C=CC(=O)OCCC[Si](OC)(OC)OC.[AtH]. The van der Waals surface area contributed by atoms with Gasteiger partial charge in [0.25, 0.3) is 0 Å². The van der Waals surface area contributed by atoms with E-state index in [0.29, 0.717) is 19.1 Å². The van der Waals surface area contributed by atoms with Crippen LogP contribution in [0.4, 0.5) is 0 Å². The summed E-state index contributed by atoms with van der Waals surface area (Å²) in [6.45, 7) is 3.61. The average molecular weight is 445 g/mol. The summed E-state index contributed by atoms with van der Waals surface area (Å²) in [4.78, 5) is 10.7. The second-order valence-electron chi connectivity index (χ2n) is 2.77. The number of esters is 1. The van der Waals surface area contributed by atoms with Gasteiger partial charge in [0.15, 0.2) is 0 Å². The number of hydrogen-bond donors (Lipinski definition) is 0. The molecule has 16 heavy (non-hydrogen) atoms. The van der Waals surface area contributed by atoms with Crippen LogP contribution in [-0.4, -0.2) is 42.7 Å². The van der Waals surface area contributed by atoms with Gasteiger partial charge in [-0.05, 0) is 6.42 Å². The molecule has 0 saturated carbocycles. The van der Waals surface area contributed by atoms with Crippen LogP contribution in [0.15, 0.2) is 12.7 Å². The van der Waals surface area contributed by atoms with Crippen molar-refractivity contribution in [1.29, 1.82) is 0 Å². The molecule has 0 spiro atoms. The summed E-state index contributed by atoms with van der Waals surface area (Å²) < 4.78 is 20.4. The normalized spacial score (nSPS) is 10.4. The molecule has 0 rings (SSSR count). The van der Waals surface area contributed by atoms with E-state index in [4.69, 9.17) is 18.0 Å². The molecule has 0 radical (unpaired) electrons. The molecule has 0 aromatic heterocycles. The summed E-state index contributed by atoms with van der Waals surface area (Å²) in [6.07, 6.45) is 1.77. The summed E-state index contributed by atoms with van der Waals surface area (Å²) in [5.74, 6) is -0.422. The van der Waals surface area contributed by atoms with Crippen molar-refractivity contribution in [2.24, 2.45) is 0 Å². The minimum absolute atomic E-state index is 0. The molecule has 0 N–H and O–H groups in total. The van der Waals surface area contributed by atoms with E-state index in [1.807, 2.05) is 0 Å². The van der Waals surface area contributed by atoms with E-state index in [0.717, 1.165) is 6.08 Å². The molecule has 0 aliphatic heterocycles. The van der Waals surface area contributed by atoms with Crippen molar-refractivity contribution in [3.63, 3.8) is 0 Å². The number of carbonyl (C=O) groups excluding carboxylic acids is 1. The molecule has 0 aliphatic rings. The van der Waals surface area contributed by atoms with Gasteiger partial charge in [0.05, 0.1) is 6.61 Å². The summed E-state index contributed by atoms with van der Waals surface area (Å²) >= 11 is 0. The van der Waals surface area contributed by atoms with Crippen LogP contribution in [0.25, 0.3) is 0 Å². The Kier molecular flexibility index (Phi) is 12.0. The molecule has 0 amide bonds. The van der Waals surface area contributed by atoms with Gasteiger partial charge in [-0.25, -0.2) is 4.79 Å². The van der Waals surface area contributed by atoms with Gasteiger partial charge >= 0.3 is 41.0 Å². The number of carbonyl (C=O) groups is 1. The summed E-state index contributed by atoms with van der Waals surface area (Å²) in [7, 11) is 2.13. The Morgan fingerprint density at radius 1 is 1.25 bits per heavy atom. The van der Waals surface area contributed by atoms with E-state index >= 15 is 0 Å². The molecule has 0 aromatic rings. The van der Waals surface area contributed by atoms with Crippen molar-refractivity contribution in [2.75, 3.05) is 27.9 Å². The molecule has 7 heteroatoms. The van der Waals surface area contributed by atoms with Gasteiger partial charge in [0, 0.05) is 33.4 Å². The van der Waals surface area contributed by atoms with Gasteiger partial charge in [-0.15, -0.1) is 0 Å². The van der Waals surface area contributed by atoms with E-state index in [9.17, 15) is 4.79 Å². The standard InChI is InChI=1S/C9H18O5Si.AtH/c1-5-9(10)14-7-6-8-15(11-2,12-3)13-4;/h5H,1,6-8H2,2-4H3;1H. The van der Waals surface area contributed by atoms with Crippen LogP contribution in [0.1, 0.15) is 6.42 Å². The Morgan fingerprint density at radius 3 is 2.12 bits per heavy atom. The van der Waals surface area contributed by atoms with Crippen LogP contribution < -0.4 is 0 Å². The third-order valence-electron chi connectivity index (χ3n) is 1.97. The average Bonchev–Trinajstić information content (AvgIpc) is 2.30. The zero-order valence-electron chi connectivity index (χ0n) is 9.86. The van der Waals surface area contributed by atoms with Crippen molar-refractivity contribution in [3.05, 3.63) is 12.7 Å². The molecule has 0 atom stereocenters.